The second-order valence-corrected chi connectivity index (χ2v) is 6.26. The summed E-state index contributed by atoms with van der Waals surface area (Å²) in [6.45, 7) is 4.50. The standard InChI is InChI=1S/C16H19FN2O4/c1-9-6-11(4-5-12(9)17)19-8-10(7-13(19)20)14(21)18-16(2,3)15(22)23/h4-6,10H,7-8H2,1-3H3,(H,18,21)(H,22,23). The van der Waals surface area contributed by atoms with Crippen LogP contribution in [0.2, 0.25) is 0 Å². The van der Waals surface area contributed by atoms with Crippen LogP contribution in [0.4, 0.5) is 10.1 Å². The molecule has 0 aliphatic carbocycles. The second kappa shape index (κ2) is 5.98. The highest BCUT2D eigenvalue weighted by molar-refractivity contribution is 6.01. The van der Waals surface area contributed by atoms with Crippen molar-refractivity contribution < 1.29 is 23.9 Å². The lowest BCUT2D eigenvalue weighted by molar-refractivity contribution is -0.146. The molecular formula is C16H19FN2O4. The summed E-state index contributed by atoms with van der Waals surface area (Å²) in [5.74, 6) is -2.87. The van der Waals surface area contributed by atoms with Crippen LogP contribution in [-0.2, 0) is 14.4 Å². The van der Waals surface area contributed by atoms with Crippen molar-refractivity contribution in [2.75, 3.05) is 11.4 Å². The molecule has 1 saturated heterocycles. The van der Waals surface area contributed by atoms with Gasteiger partial charge in [0, 0.05) is 18.7 Å². The van der Waals surface area contributed by atoms with Gasteiger partial charge in [-0.2, -0.15) is 0 Å². The summed E-state index contributed by atoms with van der Waals surface area (Å²) in [4.78, 5) is 36.8. The van der Waals surface area contributed by atoms with Crippen LogP contribution in [0.15, 0.2) is 18.2 Å². The molecule has 0 bridgehead atoms. The van der Waals surface area contributed by atoms with E-state index in [4.69, 9.17) is 5.11 Å². The van der Waals surface area contributed by atoms with Gasteiger partial charge in [0.2, 0.25) is 11.8 Å². The van der Waals surface area contributed by atoms with Crippen LogP contribution in [0.3, 0.4) is 0 Å². The molecule has 2 rings (SSSR count). The number of aliphatic carboxylic acids is 1. The van der Waals surface area contributed by atoms with Gasteiger partial charge in [0.15, 0.2) is 0 Å². The molecule has 1 atom stereocenters. The average Bonchev–Trinajstić information content (AvgIpc) is 2.83. The van der Waals surface area contributed by atoms with Gasteiger partial charge in [0.1, 0.15) is 11.4 Å². The molecule has 1 aliphatic heterocycles. The highest BCUT2D eigenvalue weighted by Gasteiger charge is 2.38. The third-order valence-corrected chi connectivity index (χ3v) is 3.92. The van der Waals surface area contributed by atoms with Crippen LogP contribution >= 0.6 is 0 Å². The van der Waals surface area contributed by atoms with E-state index in [1.54, 1.807) is 13.0 Å². The van der Waals surface area contributed by atoms with E-state index >= 15 is 0 Å². The number of aryl methyl sites for hydroxylation is 1. The van der Waals surface area contributed by atoms with Gasteiger partial charge < -0.3 is 15.3 Å². The lowest BCUT2D eigenvalue weighted by Gasteiger charge is -2.23. The first-order valence-corrected chi connectivity index (χ1v) is 7.24. The third kappa shape index (κ3) is 3.49. The Morgan fingerprint density at radius 3 is 2.61 bits per heavy atom. The van der Waals surface area contributed by atoms with Crippen molar-refractivity contribution >= 4 is 23.5 Å². The lowest BCUT2D eigenvalue weighted by Crippen LogP contribution is -2.51. The van der Waals surface area contributed by atoms with E-state index in [9.17, 15) is 18.8 Å². The van der Waals surface area contributed by atoms with Gasteiger partial charge in [-0.15, -0.1) is 0 Å². The van der Waals surface area contributed by atoms with Crippen LogP contribution < -0.4 is 10.2 Å². The Labute approximate surface area is 133 Å². The number of benzene rings is 1. The number of rotatable bonds is 4. The Morgan fingerprint density at radius 2 is 2.04 bits per heavy atom. The first kappa shape index (κ1) is 16.9. The topological polar surface area (TPSA) is 86.7 Å². The summed E-state index contributed by atoms with van der Waals surface area (Å²) in [5.41, 5.74) is -0.461. The van der Waals surface area contributed by atoms with Crippen LogP contribution in [0.25, 0.3) is 0 Å². The third-order valence-electron chi connectivity index (χ3n) is 3.92. The van der Waals surface area contributed by atoms with Crippen molar-refractivity contribution in [3.63, 3.8) is 0 Å². The summed E-state index contributed by atoms with van der Waals surface area (Å²) in [5, 5.41) is 11.5. The average molecular weight is 322 g/mol. The highest BCUT2D eigenvalue weighted by Crippen LogP contribution is 2.27. The van der Waals surface area contributed by atoms with Crippen molar-refractivity contribution in [2.45, 2.75) is 32.7 Å². The molecule has 2 amide bonds. The quantitative estimate of drug-likeness (QED) is 0.879. The molecule has 1 aliphatic rings. The molecule has 124 valence electrons. The Morgan fingerprint density at radius 1 is 1.39 bits per heavy atom. The number of carboxylic acids is 1. The minimum Gasteiger partial charge on any atom is -0.480 e. The number of amides is 2. The van der Waals surface area contributed by atoms with Gasteiger partial charge in [-0.25, -0.2) is 9.18 Å². The first-order chi connectivity index (χ1) is 10.6. The Hall–Kier alpha value is -2.44. The van der Waals surface area contributed by atoms with Gasteiger partial charge in [0.05, 0.1) is 5.92 Å². The van der Waals surface area contributed by atoms with Gasteiger partial charge in [-0.1, -0.05) is 0 Å². The zero-order chi connectivity index (χ0) is 17.4. The summed E-state index contributed by atoms with van der Waals surface area (Å²) in [7, 11) is 0. The molecule has 1 aromatic carbocycles. The predicted molar refractivity (Wildman–Crippen MR) is 81.5 cm³/mol. The Kier molecular flexibility index (Phi) is 4.40. The summed E-state index contributed by atoms with van der Waals surface area (Å²) >= 11 is 0. The zero-order valence-electron chi connectivity index (χ0n) is 13.2. The summed E-state index contributed by atoms with van der Waals surface area (Å²) in [6.07, 6.45) is -0.00203. The number of hydrogen-bond acceptors (Lipinski definition) is 3. The molecule has 1 heterocycles. The maximum Gasteiger partial charge on any atom is 0.328 e. The largest absolute Gasteiger partial charge is 0.480 e. The van der Waals surface area contributed by atoms with E-state index in [2.05, 4.69) is 5.32 Å². The number of carboxylic acid groups (broad SMARTS) is 1. The molecule has 23 heavy (non-hydrogen) atoms. The number of halogens is 1. The molecule has 0 aromatic heterocycles. The van der Waals surface area contributed by atoms with Crippen LogP contribution in [0.5, 0.6) is 0 Å². The molecule has 1 aromatic rings. The number of carbonyl (C=O) groups excluding carboxylic acids is 2. The van der Waals surface area contributed by atoms with Crippen LogP contribution in [-0.4, -0.2) is 35.0 Å². The molecule has 0 spiro atoms. The predicted octanol–water partition coefficient (Wildman–Crippen LogP) is 1.47. The molecule has 0 radical (unpaired) electrons. The van der Waals surface area contributed by atoms with Crippen molar-refractivity contribution in [3.05, 3.63) is 29.6 Å². The monoisotopic (exact) mass is 322 g/mol. The van der Waals surface area contributed by atoms with Gasteiger partial charge >= 0.3 is 5.97 Å². The van der Waals surface area contributed by atoms with Crippen LogP contribution in [0.1, 0.15) is 25.8 Å². The van der Waals surface area contributed by atoms with Crippen molar-refractivity contribution in [1.82, 2.24) is 5.32 Å². The smallest absolute Gasteiger partial charge is 0.328 e. The molecule has 0 saturated carbocycles. The van der Waals surface area contributed by atoms with E-state index < -0.39 is 23.3 Å². The fraction of sp³-hybridized carbons (Fsp3) is 0.438. The normalized spacial score (nSPS) is 18.2. The summed E-state index contributed by atoms with van der Waals surface area (Å²) < 4.78 is 13.3. The molecule has 1 unspecified atom stereocenters. The van der Waals surface area contributed by atoms with Crippen molar-refractivity contribution in [3.8, 4) is 0 Å². The van der Waals surface area contributed by atoms with E-state index in [0.29, 0.717) is 11.3 Å². The van der Waals surface area contributed by atoms with Gasteiger partial charge in [0.25, 0.3) is 0 Å². The Balaban J connectivity index is 2.12. The minimum absolute atomic E-state index is 0.00203. The molecule has 6 nitrogen and oxygen atoms in total. The maximum atomic E-state index is 13.3. The van der Waals surface area contributed by atoms with Gasteiger partial charge in [-0.3, -0.25) is 9.59 Å². The summed E-state index contributed by atoms with van der Waals surface area (Å²) in [6, 6.07) is 4.31. The zero-order valence-corrected chi connectivity index (χ0v) is 13.2. The van der Waals surface area contributed by atoms with E-state index in [0.717, 1.165) is 0 Å². The number of nitrogens with zero attached hydrogens (tertiary/aromatic N) is 1. The highest BCUT2D eigenvalue weighted by atomic mass is 19.1. The van der Waals surface area contributed by atoms with E-state index in [1.165, 1.54) is 30.9 Å². The number of anilines is 1. The molecule has 1 fully saturated rings. The lowest BCUT2D eigenvalue weighted by atomic mass is 10.0. The molecule has 7 heteroatoms. The maximum absolute atomic E-state index is 13.3. The number of hydrogen-bond donors (Lipinski definition) is 2. The fourth-order valence-electron chi connectivity index (χ4n) is 2.39. The van der Waals surface area contributed by atoms with E-state index in [-0.39, 0.29) is 24.7 Å². The van der Waals surface area contributed by atoms with Crippen LogP contribution in [0, 0.1) is 18.7 Å². The minimum atomic E-state index is -1.40. The van der Waals surface area contributed by atoms with Crippen molar-refractivity contribution in [2.24, 2.45) is 5.92 Å². The second-order valence-electron chi connectivity index (χ2n) is 6.26. The molecule has 2 N–H and O–H groups in total. The SMILES string of the molecule is Cc1cc(N2CC(C(=O)NC(C)(C)C(=O)O)CC2=O)ccc1F. The Bertz CT molecular complexity index is 672. The first-order valence-electron chi connectivity index (χ1n) is 7.24. The van der Waals surface area contributed by atoms with Crippen molar-refractivity contribution in [1.29, 1.82) is 0 Å². The van der Waals surface area contributed by atoms with E-state index in [1.807, 2.05) is 0 Å². The fourth-order valence-corrected chi connectivity index (χ4v) is 2.39. The molecular weight excluding hydrogens is 303 g/mol. The number of nitrogens with one attached hydrogen (secondary N) is 1. The van der Waals surface area contributed by atoms with Gasteiger partial charge in [-0.05, 0) is 44.5 Å². The number of carbonyl (C=O) groups is 3.